The van der Waals surface area contributed by atoms with Gasteiger partial charge in [0.1, 0.15) is 0 Å². The van der Waals surface area contributed by atoms with E-state index in [1.165, 1.54) is 12.1 Å². The molecule has 0 aliphatic rings. The van der Waals surface area contributed by atoms with Crippen LogP contribution in [0, 0.1) is 5.92 Å². The SMILES string of the molecule is COCC(NC(=O)NCc1cccc(C(=O)O)c1)C(C)C. The standard InChI is InChI=1S/C15H22N2O4/c1-10(2)13(9-21-3)17-15(20)16-8-11-5-4-6-12(7-11)14(18)19/h4-7,10,13H,8-9H2,1-3H3,(H,18,19)(H2,16,17,20). The minimum absolute atomic E-state index is 0.0691. The van der Waals surface area contributed by atoms with Crippen molar-refractivity contribution in [3.63, 3.8) is 0 Å². The molecule has 6 nitrogen and oxygen atoms in total. The Labute approximate surface area is 124 Å². The predicted molar refractivity (Wildman–Crippen MR) is 79.3 cm³/mol. The number of carboxylic acid groups (broad SMARTS) is 1. The molecule has 0 saturated carbocycles. The molecule has 1 rings (SSSR count). The van der Waals surface area contributed by atoms with Crippen molar-refractivity contribution in [1.82, 2.24) is 10.6 Å². The van der Waals surface area contributed by atoms with Crippen molar-refractivity contribution in [1.29, 1.82) is 0 Å². The largest absolute Gasteiger partial charge is 0.478 e. The second-order valence-corrected chi connectivity index (χ2v) is 5.14. The Morgan fingerprint density at radius 3 is 2.62 bits per heavy atom. The van der Waals surface area contributed by atoms with Crippen LogP contribution in [0.2, 0.25) is 0 Å². The zero-order valence-electron chi connectivity index (χ0n) is 12.6. The van der Waals surface area contributed by atoms with Crippen LogP contribution in [0.15, 0.2) is 24.3 Å². The number of rotatable bonds is 7. The van der Waals surface area contributed by atoms with Crippen molar-refractivity contribution in [2.75, 3.05) is 13.7 Å². The molecule has 0 spiro atoms. The van der Waals surface area contributed by atoms with E-state index in [1.807, 2.05) is 13.8 Å². The van der Waals surface area contributed by atoms with E-state index in [4.69, 9.17) is 9.84 Å². The Morgan fingerprint density at radius 1 is 1.33 bits per heavy atom. The first-order valence-electron chi connectivity index (χ1n) is 6.79. The highest BCUT2D eigenvalue weighted by Crippen LogP contribution is 2.05. The van der Waals surface area contributed by atoms with E-state index in [1.54, 1.807) is 19.2 Å². The third-order valence-corrected chi connectivity index (χ3v) is 3.09. The average Bonchev–Trinajstić information content (AvgIpc) is 2.45. The summed E-state index contributed by atoms with van der Waals surface area (Å²) in [4.78, 5) is 22.7. The highest BCUT2D eigenvalue weighted by Gasteiger charge is 2.15. The summed E-state index contributed by atoms with van der Waals surface area (Å²) in [7, 11) is 1.59. The lowest BCUT2D eigenvalue weighted by atomic mass is 10.1. The predicted octanol–water partition coefficient (Wildman–Crippen LogP) is 1.85. The van der Waals surface area contributed by atoms with Gasteiger partial charge in [-0.1, -0.05) is 26.0 Å². The molecule has 0 aromatic heterocycles. The quantitative estimate of drug-likeness (QED) is 0.716. The second-order valence-electron chi connectivity index (χ2n) is 5.14. The summed E-state index contributed by atoms with van der Waals surface area (Å²) in [6.07, 6.45) is 0. The van der Waals surface area contributed by atoms with Crippen LogP contribution in [-0.2, 0) is 11.3 Å². The normalized spacial score (nSPS) is 12.0. The Kier molecular flexibility index (Phi) is 6.68. The number of carbonyl (C=O) groups is 2. The number of benzene rings is 1. The molecule has 0 fully saturated rings. The van der Waals surface area contributed by atoms with Gasteiger partial charge < -0.3 is 20.5 Å². The number of methoxy groups -OCH3 is 1. The molecule has 6 heteroatoms. The Hall–Kier alpha value is -2.08. The van der Waals surface area contributed by atoms with Crippen LogP contribution in [0.5, 0.6) is 0 Å². The molecule has 0 radical (unpaired) electrons. The van der Waals surface area contributed by atoms with Gasteiger partial charge in [-0.15, -0.1) is 0 Å². The van der Waals surface area contributed by atoms with E-state index in [-0.39, 0.29) is 30.1 Å². The van der Waals surface area contributed by atoms with Crippen molar-refractivity contribution < 1.29 is 19.4 Å². The molecular formula is C15H22N2O4. The van der Waals surface area contributed by atoms with Gasteiger partial charge in [-0.3, -0.25) is 0 Å². The molecule has 3 N–H and O–H groups in total. The number of hydrogen-bond donors (Lipinski definition) is 3. The monoisotopic (exact) mass is 294 g/mol. The molecule has 0 aliphatic carbocycles. The van der Waals surface area contributed by atoms with Gasteiger partial charge in [-0.2, -0.15) is 0 Å². The van der Waals surface area contributed by atoms with Crippen LogP contribution in [0.1, 0.15) is 29.8 Å². The lowest BCUT2D eigenvalue weighted by Crippen LogP contribution is -2.46. The maximum atomic E-state index is 11.8. The first-order valence-corrected chi connectivity index (χ1v) is 6.79. The molecule has 1 atom stereocenters. The maximum Gasteiger partial charge on any atom is 0.335 e. The van der Waals surface area contributed by atoms with E-state index >= 15 is 0 Å². The molecule has 1 aromatic rings. The van der Waals surface area contributed by atoms with Gasteiger partial charge >= 0.3 is 12.0 Å². The molecule has 116 valence electrons. The highest BCUT2D eigenvalue weighted by atomic mass is 16.5. The third-order valence-electron chi connectivity index (χ3n) is 3.09. The number of carbonyl (C=O) groups excluding carboxylic acids is 1. The van der Waals surface area contributed by atoms with Gasteiger partial charge in [0.05, 0.1) is 18.2 Å². The van der Waals surface area contributed by atoms with Gasteiger partial charge in [0.25, 0.3) is 0 Å². The number of aromatic carboxylic acids is 1. The third kappa shape index (κ3) is 5.83. The first-order chi connectivity index (χ1) is 9.93. The summed E-state index contributed by atoms with van der Waals surface area (Å²) in [5.74, 6) is -0.729. The number of carboxylic acids is 1. The molecular weight excluding hydrogens is 272 g/mol. The summed E-state index contributed by atoms with van der Waals surface area (Å²) in [5.41, 5.74) is 0.937. The summed E-state index contributed by atoms with van der Waals surface area (Å²) >= 11 is 0. The van der Waals surface area contributed by atoms with Crippen LogP contribution < -0.4 is 10.6 Å². The fourth-order valence-electron chi connectivity index (χ4n) is 1.80. The molecule has 0 saturated heterocycles. The molecule has 1 unspecified atom stereocenters. The van der Waals surface area contributed by atoms with E-state index in [2.05, 4.69) is 10.6 Å². The van der Waals surface area contributed by atoms with Gasteiger partial charge in [0.15, 0.2) is 0 Å². The van der Waals surface area contributed by atoms with E-state index < -0.39 is 5.97 Å². The topological polar surface area (TPSA) is 87.7 Å². The van der Waals surface area contributed by atoms with Crippen LogP contribution in [0.25, 0.3) is 0 Å². The van der Waals surface area contributed by atoms with Gasteiger partial charge in [-0.25, -0.2) is 9.59 Å². The summed E-state index contributed by atoms with van der Waals surface area (Å²) in [6.45, 7) is 4.71. The smallest absolute Gasteiger partial charge is 0.335 e. The first kappa shape index (κ1) is 17.0. The number of ether oxygens (including phenoxy) is 1. The molecule has 21 heavy (non-hydrogen) atoms. The number of amides is 2. The van der Waals surface area contributed by atoms with Crippen molar-refractivity contribution in [3.8, 4) is 0 Å². The molecule has 0 aliphatic heterocycles. The zero-order chi connectivity index (χ0) is 15.8. The lowest BCUT2D eigenvalue weighted by molar-refractivity contribution is 0.0696. The number of urea groups is 1. The molecule has 1 aromatic carbocycles. The number of hydrogen-bond acceptors (Lipinski definition) is 3. The Balaban J connectivity index is 2.52. The fourth-order valence-corrected chi connectivity index (χ4v) is 1.80. The lowest BCUT2D eigenvalue weighted by Gasteiger charge is -2.21. The van der Waals surface area contributed by atoms with Crippen LogP contribution in [0.4, 0.5) is 4.79 Å². The molecule has 2 amide bonds. The minimum Gasteiger partial charge on any atom is -0.478 e. The number of nitrogens with one attached hydrogen (secondary N) is 2. The van der Waals surface area contributed by atoms with E-state index in [0.29, 0.717) is 6.61 Å². The van der Waals surface area contributed by atoms with Crippen molar-refractivity contribution in [2.24, 2.45) is 5.92 Å². The Bertz CT molecular complexity index is 488. The highest BCUT2D eigenvalue weighted by molar-refractivity contribution is 5.87. The fraction of sp³-hybridized carbons (Fsp3) is 0.467. The maximum absolute atomic E-state index is 11.8. The average molecular weight is 294 g/mol. The van der Waals surface area contributed by atoms with Gasteiger partial charge in [0.2, 0.25) is 0 Å². The van der Waals surface area contributed by atoms with Gasteiger partial charge in [0, 0.05) is 13.7 Å². The van der Waals surface area contributed by atoms with Crippen molar-refractivity contribution in [2.45, 2.75) is 26.4 Å². The van der Waals surface area contributed by atoms with Gasteiger partial charge in [-0.05, 0) is 23.6 Å². The van der Waals surface area contributed by atoms with Crippen LogP contribution in [0.3, 0.4) is 0 Å². The van der Waals surface area contributed by atoms with E-state index in [0.717, 1.165) is 5.56 Å². The summed E-state index contributed by atoms with van der Waals surface area (Å²) in [6, 6.07) is 6.10. The van der Waals surface area contributed by atoms with Crippen molar-refractivity contribution >= 4 is 12.0 Å². The van der Waals surface area contributed by atoms with Crippen LogP contribution in [-0.4, -0.2) is 36.9 Å². The summed E-state index contributed by atoms with van der Waals surface area (Å²) < 4.78 is 5.06. The second kappa shape index (κ2) is 8.26. The molecule has 0 bridgehead atoms. The molecule has 0 heterocycles. The Morgan fingerprint density at radius 2 is 2.05 bits per heavy atom. The van der Waals surface area contributed by atoms with Crippen molar-refractivity contribution in [3.05, 3.63) is 35.4 Å². The minimum atomic E-state index is -0.985. The summed E-state index contributed by atoms with van der Waals surface area (Å²) in [5, 5.41) is 14.5. The zero-order valence-corrected chi connectivity index (χ0v) is 12.6. The van der Waals surface area contributed by atoms with E-state index in [9.17, 15) is 9.59 Å². The van der Waals surface area contributed by atoms with Crippen LogP contribution >= 0.6 is 0 Å².